The number of benzene rings is 1. The highest BCUT2D eigenvalue weighted by molar-refractivity contribution is 5.95. The fraction of sp³-hybridized carbons (Fsp3) is 0.533. The summed E-state index contributed by atoms with van der Waals surface area (Å²) >= 11 is 0. The molecule has 5 heteroatoms. The van der Waals surface area contributed by atoms with E-state index >= 15 is 0 Å². The maximum absolute atomic E-state index is 11.2. The maximum atomic E-state index is 11.2. The van der Waals surface area contributed by atoms with Crippen LogP contribution in [0, 0.1) is 6.92 Å². The molecule has 1 heterocycles. The molecule has 0 amide bonds. The number of nitrogen functional groups attached to an aromatic ring is 1. The normalized spacial score (nSPS) is 26.2. The van der Waals surface area contributed by atoms with Gasteiger partial charge < -0.3 is 20.3 Å². The molecule has 2 unspecified atom stereocenters. The Bertz CT molecular complexity index is 505. The SMILES string of the molecule is Cc1cc(OC2CC(C)OC(C)C2)cc(C(=O)O)c1N. The summed E-state index contributed by atoms with van der Waals surface area (Å²) in [6, 6.07) is 3.28. The number of carboxylic acids is 1. The molecule has 20 heavy (non-hydrogen) atoms. The first-order valence-electron chi connectivity index (χ1n) is 6.82. The van der Waals surface area contributed by atoms with Gasteiger partial charge in [0.25, 0.3) is 0 Å². The van der Waals surface area contributed by atoms with Gasteiger partial charge in [-0.2, -0.15) is 0 Å². The van der Waals surface area contributed by atoms with Crippen molar-refractivity contribution in [1.82, 2.24) is 0 Å². The summed E-state index contributed by atoms with van der Waals surface area (Å²) in [5, 5.41) is 9.15. The summed E-state index contributed by atoms with van der Waals surface area (Å²) in [6.45, 7) is 5.82. The van der Waals surface area contributed by atoms with Crippen molar-refractivity contribution in [1.29, 1.82) is 0 Å². The molecule has 0 saturated carbocycles. The van der Waals surface area contributed by atoms with Crippen molar-refractivity contribution >= 4 is 11.7 Å². The Balaban J connectivity index is 2.19. The fourth-order valence-electron chi connectivity index (χ4n) is 2.64. The van der Waals surface area contributed by atoms with Crippen LogP contribution >= 0.6 is 0 Å². The average Bonchev–Trinajstić information content (AvgIpc) is 2.31. The fourth-order valence-corrected chi connectivity index (χ4v) is 2.64. The molecule has 1 saturated heterocycles. The first-order valence-corrected chi connectivity index (χ1v) is 6.82. The van der Waals surface area contributed by atoms with Crippen molar-refractivity contribution < 1.29 is 19.4 Å². The Morgan fingerprint density at radius 2 is 1.95 bits per heavy atom. The summed E-state index contributed by atoms with van der Waals surface area (Å²) in [5.41, 5.74) is 6.87. The van der Waals surface area contributed by atoms with Crippen LogP contribution in [0.5, 0.6) is 5.75 Å². The standard InChI is InChI=1S/C15H21NO4/c1-8-4-11(7-13(14(8)16)15(17)18)20-12-5-9(2)19-10(3)6-12/h4,7,9-10,12H,5-6,16H2,1-3H3,(H,17,18). The third-order valence-electron chi connectivity index (χ3n) is 3.55. The van der Waals surface area contributed by atoms with Crippen molar-refractivity contribution in [2.75, 3.05) is 5.73 Å². The maximum Gasteiger partial charge on any atom is 0.337 e. The van der Waals surface area contributed by atoms with Crippen molar-refractivity contribution in [2.24, 2.45) is 0 Å². The molecule has 1 aromatic rings. The smallest absolute Gasteiger partial charge is 0.337 e. The minimum Gasteiger partial charge on any atom is -0.490 e. The van der Waals surface area contributed by atoms with Gasteiger partial charge in [-0.15, -0.1) is 0 Å². The third-order valence-corrected chi connectivity index (χ3v) is 3.55. The van der Waals surface area contributed by atoms with Crippen LogP contribution in [0.15, 0.2) is 12.1 Å². The molecule has 2 atom stereocenters. The molecule has 110 valence electrons. The van der Waals surface area contributed by atoms with E-state index in [4.69, 9.17) is 20.3 Å². The van der Waals surface area contributed by atoms with Crippen molar-refractivity contribution in [3.8, 4) is 5.75 Å². The topological polar surface area (TPSA) is 81.8 Å². The Morgan fingerprint density at radius 3 is 2.50 bits per heavy atom. The van der Waals surface area contributed by atoms with E-state index < -0.39 is 5.97 Å². The molecular weight excluding hydrogens is 258 g/mol. The van der Waals surface area contributed by atoms with E-state index in [-0.39, 0.29) is 23.9 Å². The molecule has 3 N–H and O–H groups in total. The molecule has 0 bridgehead atoms. The van der Waals surface area contributed by atoms with E-state index in [2.05, 4.69) is 0 Å². The number of anilines is 1. The van der Waals surface area contributed by atoms with Crippen LogP contribution in [-0.4, -0.2) is 29.4 Å². The molecule has 1 fully saturated rings. The van der Waals surface area contributed by atoms with E-state index in [0.29, 0.717) is 17.0 Å². The molecule has 1 aliphatic heterocycles. The monoisotopic (exact) mass is 279 g/mol. The van der Waals surface area contributed by atoms with E-state index in [1.54, 1.807) is 13.0 Å². The molecule has 0 radical (unpaired) electrons. The summed E-state index contributed by atoms with van der Waals surface area (Å²) in [6.07, 6.45) is 1.94. The van der Waals surface area contributed by atoms with Crippen LogP contribution < -0.4 is 10.5 Å². The number of hydrogen-bond acceptors (Lipinski definition) is 4. The van der Waals surface area contributed by atoms with Gasteiger partial charge in [0.1, 0.15) is 11.9 Å². The zero-order chi connectivity index (χ0) is 14.9. The lowest BCUT2D eigenvalue weighted by Gasteiger charge is -2.32. The van der Waals surface area contributed by atoms with Gasteiger partial charge >= 0.3 is 5.97 Å². The van der Waals surface area contributed by atoms with Gasteiger partial charge in [0, 0.05) is 18.5 Å². The van der Waals surface area contributed by atoms with Gasteiger partial charge in [-0.05, 0) is 38.5 Å². The predicted molar refractivity (Wildman–Crippen MR) is 76.2 cm³/mol. The quantitative estimate of drug-likeness (QED) is 0.831. The molecular formula is C15H21NO4. The highest BCUT2D eigenvalue weighted by Gasteiger charge is 2.26. The minimum absolute atomic E-state index is 0.0402. The van der Waals surface area contributed by atoms with E-state index in [1.807, 2.05) is 13.8 Å². The number of rotatable bonds is 3. The molecule has 0 aliphatic carbocycles. The highest BCUT2D eigenvalue weighted by Crippen LogP contribution is 2.28. The van der Waals surface area contributed by atoms with Crippen LogP contribution in [0.1, 0.15) is 42.6 Å². The summed E-state index contributed by atoms with van der Waals surface area (Å²) in [5.74, 6) is -0.481. The minimum atomic E-state index is -1.04. The lowest BCUT2D eigenvalue weighted by atomic mass is 10.0. The molecule has 2 rings (SSSR count). The lowest BCUT2D eigenvalue weighted by molar-refractivity contribution is -0.0721. The first kappa shape index (κ1) is 14.7. The molecule has 1 aromatic carbocycles. The largest absolute Gasteiger partial charge is 0.490 e. The zero-order valence-electron chi connectivity index (χ0n) is 12.1. The van der Waals surface area contributed by atoms with Gasteiger partial charge in [-0.1, -0.05) is 0 Å². The predicted octanol–water partition coefficient (Wildman–Crippen LogP) is 2.61. The number of aromatic carboxylic acids is 1. The van der Waals surface area contributed by atoms with Crippen molar-refractivity contribution in [2.45, 2.75) is 51.9 Å². The van der Waals surface area contributed by atoms with Crippen LogP contribution in [0.4, 0.5) is 5.69 Å². The summed E-state index contributed by atoms with van der Waals surface area (Å²) in [4.78, 5) is 11.2. The van der Waals surface area contributed by atoms with Crippen LogP contribution in [0.2, 0.25) is 0 Å². The first-order chi connectivity index (χ1) is 9.36. The third kappa shape index (κ3) is 3.22. The van der Waals surface area contributed by atoms with E-state index in [9.17, 15) is 4.79 Å². The van der Waals surface area contributed by atoms with E-state index in [0.717, 1.165) is 12.8 Å². The van der Waals surface area contributed by atoms with Crippen LogP contribution in [0.25, 0.3) is 0 Å². The zero-order valence-corrected chi connectivity index (χ0v) is 12.1. The van der Waals surface area contributed by atoms with Crippen LogP contribution in [-0.2, 0) is 4.74 Å². The molecule has 0 spiro atoms. The summed E-state index contributed by atoms with van der Waals surface area (Å²) < 4.78 is 11.6. The van der Waals surface area contributed by atoms with Crippen LogP contribution in [0.3, 0.4) is 0 Å². The Hall–Kier alpha value is -1.75. The average molecular weight is 279 g/mol. The Kier molecular flexibility index (Phi) is 4.18. The molecule has 0 aromatic heterocycles. The number of hydrogen-bond donors (Lipinski definition) is 2. The molecule has 1 aliphatic rings. The Morgan fingerprint density at radius 1 is 1.35 bits per heavy atom. The van der Waals surface area contributed by atoms with Gasteiger partial charge in [-0.3, -0.25) is 0 Å². The number of nitrogens with two attached hydrogens (primary N) is 1. The number of carboxylic acid groups (broad SMARTS) is 1. The van der Waals surface area contributed by atoms with Gasteiger partial charge in [0.05, 0.1) is 17.8 Å². The number of carbonyl (C=O) groups is 1. The second kappa shape index (κ2) is 5.71. The van der Waals surface area contributed by atoms with Gasteiger partial charge in [-0.25, -0.2) is 4.79 Å². The van der Waals surface area contributed by atoms with Gasteiger partial charge in [0.2, 0.25) is 0 Å². The van der Waals surface area contributed by atoms with Crippen molar-refractivity contribution in [3.63, 3.8) is 0 Å². The van der Waals surface area contributed by atoms with E-state index in [1.165, 1.54) is 6.07 Å². The second-order valence-corrected chi connectivity index (χ2v) is 5.48. The summed E-state index contributed by atoms with van der Waals surface area (Å²) in [7, 11) is 0. The molecule has 5 nitrogen and oxygen atoms in total. The second-order valence-electron chi connectivity index (χ2n) is 5.48. The lowest BCUT2D eigenvalue weighted by Crippen LogP contribution is -2.35. The van der Waals surface area contributed by atoms with Gasteiger partial charge in [0.15, 0.2) is 0 Å². The number of ether oxygens (including phenoxy) is 2. The number of aryl methyl sites for hydroxylation is 1. The Labute approximate surface area is 118 Å². The highest BCUT2D eigenvalue weighted by atomic mass is 16.5. The van der Waals surface area contributed by atoms with Crippen molar-refractivity contribution in [3.05, 3.63) is 23.3 Å².